The summed E-state index contributed by atoms with van der Waals surface area (Å²) in [6.07, 6.45) is 6.43. The number of pyridine rings is 1. The van der Waals surface area contributed by atoms with Gasteiger partial charge >= 0.3 is 0 Å². The van der Waals surface area contributed by atoms with Crippen LogP contribution < -0.4 is 16.0 Å². The van der Waals surface area contributed by atoms with E-state index in [1.54, 1.807) is 24.7 Å². The van der Waals surface area contributed by atoms with Gasteiger partial charge < -0.3 is 16.0 Å². The highest BCUT2D eigenvalue weighted by atomic mass is 16.2. The molecular formula is C30H29N7O2. The van der Waals surface area contributed by atoms with Crippen LogP contribution in [0.3, 0.4) is 0 Å². The van der Waals surface area contributed by atoms with Crippen molar-refractivity contribution in [1.82, 2.24) is 25.2 Å². The second-order valence-corrected chi connectivity index (χ2v) is 9.49. The molecule has 4 aromatic rings. The zero-order valence-electron chi connectivity index (χ0n) is 21.8. The Morgan fingerprint density at radius 1 is 1.10 bits per heavy atom. The number of fused-ring (bicyclic) bond motifs is 1. The molecule has 1 unspecified atom stereocenters. The first-order valence-corrected chi connectivity index (χ1v) is 12.6. The SMILES string of the molecule is C=CC(=O)NC1CN(C)Cc2cc(C(=O)Nc3ccc(C)c(Nc4nccc(-c5cccnc5)n4)c3)ccc21. The molecule has 0 spiro atoms. The topological polar surface area (TPSA) is 112 Å². The molecule has 1 atom stereocenters. The first-order valence-electron chi connectivity index (χ1n) is 12.6. The van der Waals surface area contributed by atoms with Gasteiger partial charge in [-0.2, -0.15) is 0 Å². The van der Waals surface area contributed by atoms with Crippen molar-refractivity contribution >= 4 is 29.1 Å². The van der Waals surface area contributed by atoms with Crippen LogP contribution in [0.1, 0.15) is 33.1 Å². The summed E-state index contributed by atoms with van der Waals surface area (Å²) in [4.78, 5) is 40.3. The van der Waals surface area contributed by atoms with Crippen molar-refractivity contribution in [2.24, 2.45) is 0 Å². The van der Waals surface area contributed by atoms with Crippen LogP contribution in [0, 0.1) is 6.92 Å². The van der Waals surface area contributed by atoms with Crippen molar-refractivity contribution in [3.63, 3.8) is 0 Å². The molecule has 196 valence electrons. The molecule has 5 rings (SSSR count). The molecule has 3 N–H and O–H groups in total. The van der Waals surface area contributed by atoms with Gasteiger partial charge in [0.1, 0.15) is 0 Å². The smallest absolute Gasteiger partial charge is 0.255 e. The molecule has 39 heavy (non-hydrogen) atoms. The number of aromatic nitrogens is 3. The second kappa shape index (κ2) is 11.2. The van der Waals surface area contributed by atoms with Gasteiger partial charge in [0.25, 0.3) is 5.91 Å². The summed E-state index contributed by atoms with van der Waals surface area (Å²) in [5.74, 6) is 0.00298. The number of aryl methyl sites for hydroxylation is 1. The van der Waals surface area contributed by atoms with E-state index >= 15 is 0 Å². The normalized spacial score (nSPS) is 14.7. The minimum absolute atomic E-state index is 0.161. The average Bonchev–Trinajstić information content (AvgIpc) is 2.95. The summed E-state index contributed by atoms with van der Waals surface area (Å²) in [6.45, 7) is 6.88. The second-order valence-electron chi connectivity index (χ2n) is 9.49. The summed E-state index contributed by atoms with van der Waals surface area (Å²) in [5.41, 5.74) is 6.61. The van der Waals surface area contributed by atoms with Crippen molar-refractivity contribution < 1.29 is 9.59 Å². The Morgan fingerprint density at radius 2 is 1.97 bits per heavy atom. The van der Waals surface area contributed by atoms with E-state index in [0.29, 0.717) is 30.3 Å². The summed E-state index contributed by atoms with van der Waals surface area (Å²) in [7, 11) is 1.99. The van der Waals surface area contributed by atoms with E-state index in [2.05, 4.69) is 42.4 Å². The quantitative estimate of drug-likeness (QED) is 0.305. The highest BCUT2D eigenvalue weighted by Crippen LogP contribution is 2.28. The Kier molecular flexibility index (Phi) is 7.42. The van der Waals surface area contributed by atoms with E-state index in [1.165, 1.54) is 6.08 Å². The van der Waals surface area contributed by atoms with Gasteiger partial charge in [-0.15, -0.1) is 0 Å². The van der Waals surface area contributed by atoms with Gasteiger partial charge in [-0.1, -0.05) is 18.7 Å². The van der Waals surface area contributed by atoms with Gasteiger partial charge in [0.15, 0.2) is 0 Å². The summed E-state index contributed by atoms with van der Waals surface area (Å²) < 4.78 is 0. The predicted molar refractivity (Wildman–Crippen MR) is 152 cm³/mol. The summed E-state index contributed by atoms with van der Waals surface area (Å²) >= 11 is 0. The molecule has 0 aliphatic carbocycles. The number of likely N-dealkylation sites (N-methyl/N-ethyl adjacent to an activating group) is 1. The van der Waals surface area contributed by atoms with E-state index in [9.17, 15) is 9.59 Å². The molecule has 0 radical (unpaired) electrons. The molecule has 2 amide bonds. The Labute approximate surface area is 227 Å². The molecule has 2 aromatic heterocycles. The molecule has 0 saturated heterocycles. The van der Waals surface area contributed by atoms with Crippen LogP contribution in [0.2, 0.25) is 0 Å². The van der Waals surface area contributed by atoms with Crippen molar-refractivity contribution in [1.29, 1.82) is 0 Å². The minimum Gasteiger partial charge on any atom is -0.344 e. The Morgan fingerprint density at radius 3 is 2.77 bits per heavy atom. The number of nitrogens with zero attached hydrogens (tertiary/aromatic N) is 4. The number of amides is 2. The lowest BCUT2D eigenvalue weighted by molar-refractivity contribution is -0.117. The van der Waals surface area contributed by atoms with Crippen molar-refractivity contribution in [3.8, 4) is 11.3 Å². The van der Waals surface area contributed by atoms with Crippen LogP contribution >= 0.6 is 0 Å². The number of anilines is 3. The van der Waals surface area contributed by atoms with Crippen LogP contribution in [0.5, 0.6) is 0 Å². The van der Waals surface area contributed by atoms with E-state index in [4.69, 9.17) is 0 Å². The van der Waals surface area contributed by atoms with Crippen LogP contribution in [-0.4, -0.2) is 45.3 Å². The van der Waals surface area contributed by atoms with Gasteiger partial charge in [-0.25, -0.2) is 9.97 Å². The highest BCUT2D eigenvalue weighted by molar-refractivity contribution is 6.04. The van der Waals surface area contributed by atoms with Gasteiger partial charge in [-0.05, 0) is 79.2 Å². The zero-order chi connectivity index (χ0) is 27.4. The lowest BCUT2D eigenvalue weighted by Crippen LogP contribution is -2.39. The summed E-state index contributed by atoms with van der Waals surface area (Å²) in [6, 6.07) is 16.7. The van der Waals surface area contributed by atoms with Crippen LogP contribution in [0.4, 0.5) is 17.3 Å². The number of hydrogen-bond donors (Lipinski definition) is 3. The Hall–Kier alpha value is -4.89. The Balaban J connectivity index is 1.33. The maximum atomic E-state index is 13.2. The fraction of sp³-hybridized carbons (Fsp3) is 0.167. The lowest BCUT2D eigenvalue weighted by Gasteiger charge is -2.32. The molecule has 2 aromatic carbocycles. The summed E-state index contributed by atoms with van der Waals surface area (Å²) in [5, 5.41) is 9.23. The number of hydrogen-bond acceptors (Lipinski definition) is 7. The molecule has 1 aliphatic rings. The molecule has 3 heterocycles. The third-order valence-corrected chi connectivity index (χ3v) is 6.57. The number of benzene rings is 2. The first kappa shape index (κ1) is 25.7. The fourth-order valence-electron chi connectivity index (χ4n) is 4.60. The van der Waals surface area contributed by atoms with Crippen LogP contribution in [0.15, 0.2) is 85.8 Å². The molecule has 0 fully saturated rings. The van der Waals surface area contributed by atoms with Gasteiger partial charge in [0.2, 0.25) is 11.9 Å². The van der Waals surface area contributed by atoms with Crippen LogP contribution in [0.25, 0.3) is 11.3 Å². The lowest BCUT2D eigenvalue weighted by atomic mass is 9.93. The molecule has 0 saturated carbocycles. The highest BCUT2D eigenvalue weighted by Gasteiger charge is 2.25. The maximum Gasteiger partial charge on any atom is 0.255 e. The molecule has 1 aliphatic heterocycles. The Bertz CT molecular complexity index is 1540. The maximum absolute atomic E-state index is 13.2. The average molecular weight is 520 g/mol. The van der Waals surface area contributed by atoms with E-state index < -0.39 is 0 Å². The van der Waals surface area contributed by atoms with E-state index in [0.717, 1.165) is 33.6 Å². The predicted octanol–water partition coefficient (Wildman–Crippen LogP) is 4.63. The van der Waals surface area contributed by atoms with Gasteiger partial charge in [0.05, 0.1) is 11.7 Å². The third kappa shape index (κ3) is 6.00. The van der Waals surface area contributed by atoms with Crippen molar-refractivity contribution in [3.05, 3.63) is 108 Å². The van der Waals surface area contributed by atoms with Crippen molar-refractivity contribution in [2.75, 3.05) is 24.2 Å². The molecule has 9 heteroatoms. The van der Waals surface area contributed by atoms with E-state index in [-0.39, 0.29) is 17.9 Å². The largest absolute Gasteiger partial charge is 0.344 e. The first-order chi connectivity index (χ1) is 18.9. The third-order valence-electron chi connectivity index (χ3n) is 6.57. The molecule has 9 nitrogen and oxygen atoms in total. The van der Waals surface area contributed by atoms with Crippen LogP contribution in [-0.2, 0) is 11.3 Å². The van der Waals surface area contributed by atoms with E-state index in [1.807, 2.05) is 62.5 Å². The number of carbonyl (C=O) groups is 2. The fourth-order valence-corrected chi connectivity index (χ4v) is 4.60. The number of carbonyl (C=O) groups excluding carboxylic acids is 2. The molecular weight excluding hydrogens is 490 g/mol. The van der Waals surface area contributed by atoms with Crippen molar-refractivity contribution in [2.45, 2.75) is 19.5 Å². The minimum atomic E-state index is -0.221. The zero-order valence-corrected chi connectivity index (χ0v) is 21.8. The van der Waals surface area contributed by atoms with Gasteiger partial charge in [-0.3, -0.25) is 19.5 Å². The monoisotopic (exact) mass is 519 g/mol. The standard InChI is InChI=1S/C30H29N7O2/c1-4-28(38)34-27-18-37(3)17-22-14-20(8-10-24(22)27)29(39)33-23-9-7-19(2)26(15-23)36-30-32-13-11-25(35-30)21-6-5-12-31-16-21/h4-16,27H,1,17-18H2,2-3H3,(H,33,39)(H,34,38)(H,32,35,36). The van der Waals surface area contributed by atoms with Gasteiger partial charge in [0, 0.05) is 54.2 Å². The number of nitrogens with one attached hydrogen (secondary N) is 3. The molecule has 0 bridgehead atoms. The number of rotatable bonds is 7.